The van der Waals surface area contributed by atoms with Crippen LogP contribution >= 0.6 is 15.9 Å². The predicted octanol–water partition coefficient (Wildman–Crippen LogP) is 3.20. The third kappa shape index (κ3) is 4.06. The van der Waals surface area contributed by atoms with Crippen LogP contribution in [0, 0.1) is 6.92 Å². The van der Waals surface area contributed by atoms with E-state index < -0.39 is 5.97 Å². The van der Waals surface area contributed by atoms with Crippen LogP contribution in [-0.2, 0) is 4.79 Å². The van der Waals surface area contributed by atoms with E-state index >= 15 is 0 Å². The molecule has 86 valence electrons. The van der Waals surface area contributed by atoms with Crippen LogP contribution in [0.1, 0.15) is 12.5 Å². The van der Waals surface area contributed by atoms with Gasteiger partial charge in [-0.2, -0.15) is 0 Å². The van der Waals surface area contributed by atoms with Crippen LogP contribution in [0.25, 0.3) is 0 Å². The number of nitrogens with one attached hydrogen (secondary N) is 1. The Kier molecular flexibility index (Phi) is 4.55. The maximum atomic E-state index is 10.4. The van der Waals surface area contributed by atoms with Gasteiger partial charge in [0.05, 0.1) is 0 Å². The third-order valence-electron chi connectivity index (χ3n) is 2.05. The molecule has 0 aliphatic heterocycles. The van der Waals surface area contributed by atoms with Gasteiger partial charge >= 0.3 is 5.97 Å². The fourth-order valence-corrected chi connectivity index (χ4v) is 1.66. The second-order valence-electron chi connectivity index (χ2n) is 3.67. The van der Waals surface area contributed by atoms with E-state index in [-0.39, 0.29) is 0 Å². The van der Waals surface area contributed by atoms with Crippen molar-refractivity contribution in [3.05, 3.63) is 39.9 Å². The average molecular weight is 284 g/mol. The number of anilines is 1. The minimum atomic E-state index is -0.914. The van der Waals surface area contributed by atoms with Crippen molar-refractivity contribution in [3.63, 3.8) is 0 Å². The molecule has 0 saturated carbocycles. The summed E-state index contributed by atoms with van der Waals surface area (Å²) < 4.78 is 0.973. The van der Waals surface area contributed by atoms with E-state index in [0.717, 1.165) is 21.3 Å². The largest absolute Gasteiger partial charge is 0.478 e. The van der Waals surface area contributed by atoms with Gasteiger partial charge in [0.2, 0.25) is 0 Å². The first kappa shape index (κ1) is 12.8. The molecule has 0 aliphatic carbocycles. The van der Waals surface area contributed by atoms with Crippen LogP contribution in [0.2, 0.25) is 0 Å². The smallest absolute Gasteiger partial charge is 0.328 e. The van der Waals surface area contributed by atoms with Crippen LogP contribution in [0.5, 0.6) is 0 Å². The lowest BCUT2D eigenvalue weighted by Gasteiger charge is -2.09. The molecule has 16 heavy (non-hydrogen) atoms. The van der Waals surface area contributed by atoms with Crippen molar-refractivity contribution in [2.24, 2.45) is 0 Å². The molecular formula is C12H14BrNO2. The Morgan fingerprint density at radius 3 is 2.88 bits per heavy atom. The summed E-state index contributed by atoms with van der Waals surface area (Å²) in [5.74, 6) is -0.914. The summed E-state index contributed by atoms with van der Waals surface area (Å²) >= 11 is 3.43. The Balaban J connectivity index is 2.68. The van der Waals surface area contributed by atoms with Gasteiger partial charge in [-0.25, -0.2) is 4.79 Å². The Bertz CT molecular complexity index is 427. The number of carbonyl (C=O) groups is 1. The summed E-state index contributed by atoms with van der Waals surface area (Å²) in [6, 6.07) is 5.99. The van der Waals surface area contributed by atoms with E-state index in [1.807, 2.05) is 25.1 Å². The summed E-state index contributed by atoms with van der Waals surface area (Å²) in [5, 5.41) is 11.7. The molecule has 0 radical (unpaired) electrons. The van der Waals surface area contributed by atoms with Gasteiger partial charge in [-0.05, 0) is 53.0 Å². The minimum Gasteiger partial charge on any atom is -0.478 e. The highest BCUT2D eigenvalue weighted by Gasteiger charge is 2.00. The summed E-state index contributed by atoms with van der Waals surface area (Å²) in [4.78, 5) is 10.4. The van der Waals surface area contributed by atoms with Crippen molar-refractivity contribution < 1.29 is 9.90 Å². The topological polar surface area (TPSA) is 49.3 Å². The number of benzene rings is 1. The highest BCUT2D eigenvalue weighted by atomic mass is 79.9. The van der Waals surface area contributed by atoms with Gasteiger partial charge in [0.15, 0.2) is 0 Å². The molecule has 1 rings (SSSR count). The van der Waals surface area contributed by atoms with Crippen LogP contribution in [0.3, 0.4) is 0 Å². The van der Waals surface area contributed by atoms with E-state index in [4.69, 9.17) is 5.11 Å². The first-order chi connectivity index (χ1) is 7.49. The second kappa shape index (κ2) is 5.70. The van der Waals surface area contributed by atoms with Gasteiger partial charge in [0.25, 0.3) is 0 Å². The molecule has 0 heterocycles. The van der Waals surface area contributed by atoms with E-state index in [1.165, 1.54) is 6.08 Å². The molecule has 1 aromatic rings. The number of rotatable bonds is 4. The molecule has 4 heteroatoms. The quantitative estimate of drug-likeness (QED) is 0.835. The van der Waals surface area contributed by atoms with Gasteiger partial charge < -0.3 is 10.4 Å². The summed E-state index contributed by atoms with van der Waals surface area (Å²) in [7, 11) is 0. The number of aryl methyl sites for hydroxylation is 1. The molecular weight excluding hydrogens is 270 g/mol. The van der Waals surface area contributed by atoms with Crippen LogP contribution in [0.4, 0.5) is 5.69 Å². The average Bonchev–Trinajstić information content (AvgIpc) is 2.18. The first-order valence-corrected chi connectivity index (χ1v) is 5.68. The summed E-state index contributed by atoms with van der Waals surface area (Å²) in [5.41, 5.74) is 2.91. The maximum absolute atomic E-state index is 10.4. The Morgan fingerprint density at radius 1 is 1.56 bits per heavy atom. The molecule has 0 aliphatic rings. The van der Waals surface area contributed by atoms with Crippen molar-refractivity contribution in [2.75, 3.05) is 11.9 Å². The van der Waals surface area contributed by atoms with Gasteiger partial charge in [0, 0.05) is 22.8 Å². The lowest BCUT2D eigenvalue weighted by atomic mass is 10.2. The molecule has 0 bridgehead atoms. The van der Waals surface area contributed by atoms with Gasteiger partial charge in [-0.1, -0.05) is 6.07 Å². The Labute approximate surface area is 103 Å². The normalized spacial score (nSPS) is 11.3. The molecule has 0 spiro atoms. The number of halogens is 1. The fourth-order valence-electron chi connectivity index (χ4n) is 1.27. The van der Waals surface area contributed by atoms with Crippen molar-refractivity contribution >= 4 is 27.6 Å². The zero-order chi connectivity index (χ0) is 12.1. The highest BCUT2D eigenvalue weighted by molar-refractivity contribution is 9.10. The summed E-state index contributed by atoms with van der Waals surface area (Å²) in [6.07, 6.45) is 1.21. The predicted molar refractivity (Wildman–Crippen MR) is 68.8 cm³/mol. The molecule has 0 amide bonds. The SMILES string of the molecule is C/C(=C/C(=O)O)CNc1cc(C)ccc1Br. The number of aliphatic carboxylic acids is 1. The van der Waals surface area contributed by atoms with Crippen molar-refractivity contribution in [3.8, 4) is 0 Å². The van der Waals surface area contributed by atoms with Gasteiger partial charge in [-0.3, -0.25) is 0 Å². The zero-order valence-electron chi connectivity index (χ0n) is 9.25. The van der Waals surface area contributed by atoms with Crippen LogP contribution < -0.4 is 5.32 Å². The highest BCUT2D eigenvalue weighted by Crippen LogP contribution is 2.23. The minimum absolute atomic E-state index is 0.522. The van der Waals surface area contributed by atoms with Crippen LogP contribution in [0.15, 0.2) is 34.3 Å². The molecule has 1 aromatic carbocycles. The number of carboxylic acid groups (broad SMARTS) is 1. The molecule has 0 fully saturated rings. The van der Waals surface area contributed by atoms with Crippen molar-refractivity contribution in [1.82, 2.24) is 0 Å². The first-order valence-electron chi connectivity index (χ1n) is 4.89. The van der Waals surface area contributed by atoms with Gasteiger partial charge in [0.1, 0.15) is 0 Å². The van der Waals surface area contributed by atoms with E-state index in [1.54, 1.807) is 6.92 Å². The second-order valence-corrected chi connectivity index (χ2v) is 4.52. The van der Waals surface area contributed by atoms with E-state index in [9.17, 15) is 4.79 Å². The number of hydrogen-bond donors (Lipinski definition) is 2. The third-order valence-corrected chi connectivity index (χ3v) is 2.74. The molecule has 0 atom stereocenters. The van der Waals surface area contributed by atoms with Gasteiger partial charge in [-0.15, -0.1) is 0 Å². The monoisotopic (exact) mass is 283 g/mol. The summed E-state index contributed by atoms with van der Waals surface area (Å²) in [6.45, 7) is 4.32. The zero-order valence-corrected chi connectivity index (χ0v) is 10.8. The number of carboxylic acids is 1. The molecule has 2 N–H and O–H groups in total. The van der Waals surface area contributed by atoms with E-state index in [0.29, 0.717) is 6.54 Å². The molecule has 3 nitrogen and oxygen atoms in total. The van der Waals surface area contributed by atoms with Crippen LogP contribution in [-0.4, -0.2) is 17.6 Å². The fraction of sp³-hybridized carbons (Fsp3) is 0.250. The Hall–Kier alpha value is -1.29. The maximum Gasteiger partial charge on any atom is 0.328 e. The standard InChI is InChI=1S/C12H14BrNO2/c1-8-3-4-10(13)11(5-8)14-7-9(2)6-12(15)16/h3-6,14H,7H2,1-2H3,(H,15,16)/b9-6-. The molecule has 0 aromatic heterocycles. The van der Waals surface area contributed by atoms with Crippen molar-refractivity contribution in [2.45, 2.75) is 13.8 Å². The van der Waals surface area contributed by atoms with E-state index in [2.05, 4.69) is 21.2 Å². The van der Waals surface area contributed by atoms with Crippen molar-refractivity contribution in [1.29, 1.82) is 0 Å². The molecule has 0 unspecified atom stereocenters. The molecule has 0 saturated heterocycles. The number of hydrogen-bond acceptors (Lipinski definition) is 2. The Morgan fingerprint density at radius 2 is 2.25 bits per heavy atom. The lowest BCUT2D eigenvalue weighted by molar-refractivity contribution is -0.131. The lowest BCUT2D eigenvalue weighted by Crippen LogP contribution is -2.05.